The highest BCUT2D eigenvalue weighted by Gasteiger charge is 2.14. The summed E-state index contributed by atoms with van der Waals surface area (Å²) in [6.45, 7) is 0. The standard InChI is InChI=1S/C13H14IN3O4/c1-19-8-4-7(5-9(20-2)11(8)21-3)17-12-10(14)13(18)16-6-15-12/h4-6H,1-3H3,(H2,15,16,17,18). The van der Waals surface area contributed by atoms with Crippen molar-refractivity contribution >= 4 is 34.1 Å². The van der Waals surface area contributed by atoms with Gasteiger partial charge in [0.1, 0.15) is 3.57 Å². The number of benzene rings is 1. The molecule has 0 aliphatic rings. The van der Waals surface area contributed by atoms with E-state index in [4.69, 9.17) is 14.2 Å². The van der Waals surface area contributed by atoms with Crippen molar-refractivity contribution in [3.8, 4) is 17.2 Å². The second-order valence-electron chi connectivity index (χ2n) is 3.93. The minimum atomic E-state index is -0.208. The van der Waals surface area contributed by atoms with Gasteiger partial charge in [-0.2, -0.15) is 0 Å². The van der Waals surface area contributed by atoms with Gasteiger partial charge in [0.05, 0.1) is 27.7 Å². The fraction of sp³-hybridized carbons (Fsp3) is 0.231. The summed E-state index contributed by atoms with van der Waals surface area (Å²) in [5.74, 6) is 1.98. The highest BCUT2D eigenvalue weighted by atomic mass is 127. The van der Waals surface area contributed by atoms with Crippen molar-refractivity contribution in [3.63, 3.8) is 0 Å². The lowest BCUT2D eigenvalue weighted by Gasteiger charge is -2.15. The van der Waals surface area contributed by atoms with E-state index in [2.05, 4.69) is 15.3 Å². The molecule has 0 fully saturated rings. The molecule has 112 valence electrons. The molecular formula is C13H14IN3O4. The van der Waals surface area contributed by atoms with E-state index in [9.17, 15) is 4.79 Å². The minimum Gasteiger partial charge on any atom is -0.493 e. The third-order valence-corrected chi connectivity index (χ3v) is 3.72. The average molecular weight is 403 g/mol. The highest BCUT2D eigenvalue weighted by Crippen LogP contribution is 2.40. The van der Waals surface area contributed by atoms with Gasteiger partial charge in [-0.1, -0.05) is 0 Å². The molecule has 0 aliphatic heterocycles. The third-order valence-electron chi connectivity index (χ3n) is 2.72. The second-order valence-corrected chi connectivity index (χ2v) is 5.01. The monoisotopic (exact) mass is 403 g/mol. The molecule has 21 heavy (non-hydrogen) atoms. The number of anilines is 2. The predicted octanol–water partition coefficient (Wildman–Crippen LogP) is 2.14. The summed E-state index contributed by atoms with van der Waals surface area (Å²) >= 11 is 1.93. The van der Waals surface area contributed by atoms with Crippen molar-refractivity contribution in [2.24, 2.45) is 0 Å². The van der Waals surface area contributed by atoms with Crippen LogP contribution in [0.1, 0.15) is 0 Å². The van der Waals surface area contributed by atoms with Crippen LogP contribution < -0.4 is 25.1 Å². The summed E-state index contributed by atoms with van der Waals surface area (Å²) in [5, 5.41) is 3.06. The first-order chi connectivity index (χ1) is 10.1. The zero-order valence-corrected chi connectivity index (χ0v) is 13.8. The summed E-state index contributed by atoms with van der Waals surface area (Å²) in [4.78, 5) is 18.2. The summed E-state index contributed by atoms with van der Waals surface area (Å²) in [6, 6.07) is 3.47. The number of nitrogens with one attached hydrogen (secondary N) is 2. The number of H-pyrrole nitrogens is 1. The van der Waals surface area contributed by atoms with Gasteiger partial charge in [-0.25, -0.2) is 4.98 Å². The third kappa shape index (κ3) is 3.20. The Bertz CT molecular complexity index is 677. The SMILES string of the molecule is COc1cc(Nc2nc[nH]c(=O)c2I)cc(OC)c1OC. The Balaban J connectivity index is 2.45. The molecule has 8 heteroatoms. The number of hydrogen-bond donors (Lipinski definition) is 2. The van der Waals surface area contributed by atoms with Crippen LogP contribution in [0.15, 0.2) is 23.3 Å². The molecule has 2 N–H and O–H groups in total. The Morgan fingerprint density at radius 1 is 1.14 bits per heavy atom. The van der Waals surface area contributed by atoms with Gasteiger partial charge in [0.25, 0.3) is 5.56 Å². The van der Waals surface area contributed by atoms with Crippen molar-refractivity contribution in [2.75, 3.05) is 26.6 Å². The molecule has 0 saturated carbocycles. The van der Waals surface area contributed by atoms with Crippen molar-refractivity contribution in [1.29, 1.82) is 0 Å². The largest absolute Gasteiger partial charge is 0.493 e. The fourth-order valence-corrected chi connectivity index (χ4v) is 2.19. The summed E-state index contributed by atoms with van der Waals surface area (Å²) in [5.41, 5.74) is 0.459. The van der Waals surface area contributed by atoms with E-state index in [1.165, 1.54) is 27.7 Å². The van der Waals surface area contributed by atoms with Crippen LogP contribution in [0.4, 0.5) is 11.5 Å². The topological polar surface area (TPSA) is 85.5 Å². The minimum absolute atomic E-state index is 0.208. The quantitative estimate of drug-likeness (QED) is 0.745. The van der Waals surface area contributed by atoms with Crippen LogP contribution in [-0.4, -0.2) is 31.3 Å². The molecule has 0 unspecified atom stereocenters. The average Bonchev–Trinajstić information content (AvgIpc) is 2.50. The fourth-order valence-electron chi connectivity index (χ4n) is 1.76. The van der Waals surface area contributed by atoms with E-state index >= 15 is 0 Å². The zero-order chi connectivity index (χ0) is 15.4. The normalized spacial score (nSPS) is 10.1. The van der Waals surface area contributed by atoms with E-state index in [0.717, 1.165) is 0 Å². The predicted molar refractivity (Wildman–Crippen MR) is 87.0 cm³/mol. The maximum absolute atomic E-state index is 11.6. The molecule has 0 saturated heterocycles. The van der Waals surface area contributed by atoms with Gasteiger partial charge < -0.3 is 24.5 Å². The van der Waals surface area contributed by atoms with E-state index in [-0.39, 0.29) is 5.56 Å². The Morgan fingerprint density at radius 3 is 2.29 bits per heavy atom. The van der Waals surface area contributed by atoms with E-state index in [0.29, 0.717) is 32.3 Å². The van der Waals surface area contributed by atoms with Crippen LogP contribution >= 0.6 is 22.6 Å². The molecule has 0 radical (unpaired) electrons. The van der Waals surface area contributed by atoms with Crippen LogP contribution in [0, 0.1) is 3.57 Å². The van der Waals surface area contributed by atoms with Crippen molar-refractivity contribution in [2.45, 2.75) is 0 Å². The smallest absolute Gasteiger partial charge is 0.266 e. The summed E-state index contributed by atoms with van der Waals surface area (Å²) < 4.78 is 16.3. The Kier molecular flexibility index (Phi) is 4.89. The lowest BCUT2D eigenvalue weighted by Crippen LogP contribution is -2.13. The van der Waals surface area contributed by atoms with Gasteiger partial charge in [-0.15, -0.1) is 0 Å². The molecule has 0 atom stereocenters. The number of aromatic nitrogens is 2. The number of methoxy groups -OCH3 is 3. The number of aromatic amines is 1. The summed E-state index contributed by atoms with van der Waals surface area (Å²) in [6.07, 6.45) is 1.34. The first-order valence-corrected chi connectivity index (χ1v) is 6.98. The molecule has 1 aromatic heterocycles. The first kappa shape index (κ1) is 15.4. The van der Waals surface area contributed by atoms with E-state index < -0.39 is 0 Å². The van der Waals surface area contributed by atoms with Gasteiger partial charge in [0.2, 0.25) is 5.75 Å². The molecule has 1 aromatic carbocycles. The Morgan fingerprint density at radius 2 is 1.76 bits per heavy atom. The number of nitrogens with zero attached hydrogens (tertiary/aromatic N) is 1. The maximum atomic E-state index is 11.6. The van der Waals surface area contributed by atoms with Crippen molar-refractivity contribution in [1.82, 2.24) is 9.97 Å². The molecule has 2 aromatic rings. The molecule has 2 rings (SSSR count). The van der Waals surface area contributed by atoms with Gasteiger partial charge >= 0.3 is 0 Å². The van der Waals surface area contributed by atoms with Gasteiger partial charge in [-0.05, 0) is 22.6 Å². The van der Waals surface area contributed by atoms with Crippen molar-refractivity contribution in [3.05, 3.63) is 32.4 Å². The molecule has 7 nitrogen and oxygen atoms in total. The van der Waals surface area contributed by atoms with E-state index in [1.54, 1.807) is 12.1 Å². The molecule has 1 heterocycles. The van der Waals surface area contributed by atoms with Gasteiger partial charge in [0.15, 0.2) is 17.3 Å². The molecular weight excluding hydrogens is 389 g/mol. The first-order valence-electron chi connectivity index (χ1n) is 5.91. The van der Waals surface area contributed by atoms with Crippen LogP contribution in [0.3, 0.4) is 0 Å². The van der Waals surface area contributed by atoms with E-state index in [1.807, 2.05) is 22.6 Å². The number of halogens is 1. The Hall–Kier alpha value is -1.97. The molecule has 0 bridgehead atoms. The lowest BCUT2D eigenvalue weighted by molar-refractivity contribution is 0.324. The molecule has 0 amide bonds. The summed E-state index contributed by atoms with van der Waals surface area (Å²) in [7, 11) is 4.61. The number of rotatable bonds is 5. The zero-order valence-electron chi connectivity index (χ0n) is 11.7. The molecule has 0 spiro atoms. The van der Waals surface area contributed by atoms with Crippen LogP contribution in [0.2, 0.25) is 0 Å². The maximum Gasteiger partial charge on any atom is 0.266 e. The highest BCUT2D eigenvalue weighted by molar-refractivity contribution is 14.1. The number of hydrogen-bond acceptors (Lipinski definition) is 6. The van der Waals surface area contributed by atoms with Gasteiger partial charge in [-0.3, -0.25) is 4.79 Å². The number of ether oxygens (including phenoxy) is 3. The van der Waals surface area contributed by atoms with Crippen molar-refractivity contribution < 1.29 is 14.2 Å². The van der Waals surface area contributed by atoms with Crippen LogP contribution in [-0.2, 0) is 0 Å². The van der Waals surface area contributed by atoms with Gasteiger partial charge in [0, 0.05) is 17.8 Å². The lowest BCUT2D eigenvalue weighted by atomic mass is 10.2. The Labute approximate surface area is 134 Å². The van der Waals surface area contributed by atoms with Crippen LogP contribution in [0.25, 0.3) is 0 Å². The molecule has 0 aliphatic carbocycles. The second kappa shape index (κ2) is 6.66. The van der Waals surface area contributed by atoms with Crippen LogP contribution in [0.5, 0.6) is 17.2 Å².